The molecular weight excluding hydrogens is 218 g/mol. The maximum Gasteiger partial charge on any atom is 0.263 e. The summed E-state index contributed by atoms with van der Waals surface area (Å²) >= 11 is 0. The molecule has 0 spiro atoms. The van der Waals surface area contributed by atoms with Crippen molar-refractivity contribution in [3.05, 3.63) is 59.2 Å². The largest absolute Gasteiger partial charge is 0.263 e. The predicted octanol–water partition coefficient (Wildman–Crippen LogP) is 4.91. The zero-order chi connectivity index (χ0) is 12.4. The number of aryl methyl sites for hydroxylation is 2. The molecule has 0 atom stereocenters. The van der Waals surface area contributed by atoms with E-state index < -0.39 is 6.43 Å². The molecule has 0 aliphatic carbocycles. The fourth-order valence-electron chi connectivity index (χ4n) is 1.74. The Balaban J connectivity index is 2.36. The Morgan fingerprint density at radius 2 is 1.35 bits per heavy atom. The molecule has 2 aromatic rings. The minimum absolute atomic E-state index is 0.0672. The maximum atomic E-state index is 12.4. The highest BCUT2D eigenvalue weighted by molar-refractivity contribution is 5.65. The van der Waals surface area contributed by atoms with E-state index in [9.17, 15) is 8.78 Å². The molecule has 0 bridgehead atoms. The summed E-state index contributed by atoms with van der Waals surface area (Å²) in [5, 5.41) is 0. The van der Waals surface area contributed by atoms with Crippen LogP contribution in [0.25, 0.3) is 11.1 Å². The van der Waals surface area contributed by atoms with Gasteiger partial charge >= 0.3 is 0 Å². The summed E-state index contributed by atoms with van der Waals surface area (Å²) in [5.41, 5.74) is 4.54. The van der Waals surface area contributed by atoms with Crippen LogP contribution in [0, 0.1) is 13.8 Å². The van der Waals surface area contributed by atoms with Crippen molar-refractivity contribution in [1.82, 2.24) is 0 Å². The molecule has 88 valence electrons. The predicted molar refractivity (Wildman–Crippen MR) is 66.3 cm³/mol. The summed E-state index contributed by atoms with van der Waals surface area (Å²) < 4.78 is 24.8. The van der Waals surface area contributed by atoms with Crippen LogP contribution < -0.4 is 0 Å². The standard InChI is InChI=1S/C15H14F2/c1-10-3-4-14(9-11(10)2)12-5-7-13(8-6-12)15(16)17/h3-9,15H,1-2H3. The fourth-order valence-corrected chi connectivity index (χ4v) is 1.74. The molecule has 2 rings (SSSR count). The molecule has 0 fully saturated rings. The quantitative estimate of drug-likeness (QED) is 0.690. The molecular formula is C15H14F2. The Hall–Kier alpha value is -1.70. The van der Waals surface area contributed by atoms with E-state index in [2.05, 4.69) is 13.0 Å². The van der Waals surface area contributed by atoms with Crippen LogP contribution in [0.5, 0.6) is 0 Å². The van der Waals surface area contributed by atoms with Gasteiger partial charge < -0.3 is 0 Å². The zero-order valence-corrected chi connectivity index (χ0v) is 9.87. The molecule has 0 aliphatic heterocycles. The van der Waals surface area contributed by atoms with Gasteiger partial charge in [0.05, 0.1) is 0 Å². The lowest BCUT2D eigenvalue weighted by atomic mass is 10.00. The van der Waals surface area contributed by atoms with Gasteiger partial charge in [0.15, 0.2) is 0 Å². The Morgan fingerprint density at radius 3 is 1.88 bits per heavy atom. The molecule has 0 saturated heterocycles. The molecule has 0 heterocycles. The van der Waals surface area contributed by atoms with Crippen LogP contribution >= 0.6 is 0 Å². The van der Waals surface area contributed by atoms with E-state index in [0.29, 0.717) is 0 Å². The van der Waals surface area contributed by atoms with Crippen molar-refractivity contribution in [2.45, 2.75) is 20.3 Å². The van der Waals surface area contributed by atoms with E-state index in [1.807, 2.05) is 19.1 Å². The molecule has 0 saturated carbocycles. The van der Waals surface area contributed by atoms with Crippen LogP contribution in [0.1, 0.15) is 23.1 Å². The maximum absolute atomic E-state index is 12.4. The van der Waals surface area contributed by atoms with Crippen molar-refractivity contribution in [3.8, 4) is 11.1 Å². The van der Waals surface area contributed by atoms with Crippen molar-refractivity contribution in [2.24, 2.45) is 0 Å². The molecule has 2 aromatic carbocycles. The van der Waals surface area contributed by atoms with Gasteiger partial charge in [-0.1, -0.05) is 42.5 Å². The van der Waals surface area contributed by atoms with Crippen molar-refractivity contribution in [1.29, 1.82) is 0 Å². The molecule has 0 amide bonds. The highest BCUT2D eigenvalue weighted by Crippen LogP contribution is 2.25. The molecule has 0 aliphatic rings. The third-order valence-corrected chi connectivity index (χ3v) is 3.00. The van der Waals surface area contributed by atoms with Crippen molar-refractivity contribution < 1.29 is 8.78 Å². The second-order valence-corrected chi connectivity index (χ2v) is 4.22. The van der Waals surface area contributed by atoms with Gasteiger partial charge in [-0.15, -0.1) is 0 Å². The Morgan fingerprint density at radius 1 is 0.765 bits per heavy atom. The summed E-state index contributed by atoms with van der Waals surface area (Å²) in [6.07, 6.45) is -2.40. The summed E-state index contributed by atoms with van der Waals surface area (Å²) in [6.45, 7) is 4.10. The van der Waals surface area contributed by atoms with E-state index >= 15 is 0 Å². The normalized spacial score (nSPS) is 10.9. The second kappa shape index (κ2) is 4.66. The number of rotatable bonds is 2. The van der Waals surface area contributed by atoms with Crippen molar-refractivity contribution in [3.63, 3.8) is 0 Å². The number of hydrogen-bond acceptors (Lipinski definition) is 0. The van der Waals surface area contributed by atoms with E-state index in [-0.39, 0.29) is 5.56 Å². The third-order valence-electron chi connectivity index (χ3n) is 3.00. The smallest absolute Gasteiger partial charge is 0.205 e. The van der Waals surface area contributed by atoms with Crippen LogP contribution in [0.2, 0.25) is 0 Å². The van der Waals surface area contributed by atoms with E-state index in [1.54, 1.807) is 12.1 Å². The molecule has 0 radical (unpaired) electrons. The van der Waals surface area contributed by atoms with Gasteiger partial charge in [0.1, 0.15) is 0 Å². The highest BCUT2D eigenvalue weighted by atomic mass is 19.3. The molecule has 2 heteroatoms. The molecule has 0 nitrogen and oxygen atoms in total. The Bertz CT molecular complexity index is 513. The first-order chi connectivity index (χ1) is 8.08. The highest BCUT2D eigenvalue weighted by Gasteiger charge is 2.06. The first kappa shape index (κ1) is 11.8. The minimum atomic E-state index is -2.40. The summed E-state index contributed by atoms with van der Waals surface area (Å²) in [4.78, 5) is 0. The van der Waals surface area contributed by atoms with Gasteiger partial charge in [-0.3, -0.25) is 0 Å². The molecule has 0 N–H and O–H groups in total. The van der Waals surface area contributed by atoms with Gasteiger partial charge in [-0.2, -0.15) is 0 Å². The lowest BCUT2D eigenvalue weighted by Crippen LogP contribution is -1.86. The van der Waals surface area contributed by atoms with E-state index in [4.69, 9.17) is 0 Å². The Labute approximate surface area is 99.9 Å². The van der Waals surface area contributed by atoms with Gasteiger partial charge in [0.2, 0.25) is 0 Å². The number of alkyl halides is 2. The van der Waals surface area contributed by atoms with Crippen LogP contribution in [0.4, 0.5) is 8.78 Å². The number of hydrogen-bond donors (Lipinski definition) is 0. The first-order valence-electron chi connectivity index (χ1n) is 5.53. The summed E-state index contributed by atoms with van der Waals surface area (Å²) in [5.74, 6) is 0. The number of halogens is 2. The lowest BCUT2D eigenvalue weighted by molar-refractivity contribution is 0.151. The monoisotopic (exact) mass is 232 g/mol. The van der Waals surface area contributed by atoms with Crippen LogP contribution in [-0.2, 0) is 0 Å². The van der Waals surface area contributed by atoms with E-state index in [1.165, 1.54) is 23.3 Å². The zero-order valence-electron chi connectivity index (χ0n) is 9.87. The van der Waals surface area contributed by atoms with Gasteiger partial charge in [0.25, 0.3) is 6.43 Å². The Kier molecular flexibility index (Phi) is 3.23. The fraction of sp³-hybridized carbons (Fsp3) is 0.200. The van der Waals surface area contributed by atoms with Crippen molar-refractivity contribution >= 4 is 0 Å². The summed E-state index contributed by atoms with van der Waals surface area (Å²) in [7, 11) is 0. The van der Waals surface area contributed by atoms with Gasteiger partial charge in [0, 0.05) is 5.56 Å². The van der Waals surface area contributed by atoms with Crippen LogP contribution in [0.15, 0.2) is 42.5 Å². The van der Waals surface area contributed by atoms with Crippen molar-refractivity contribution in [2.75, 3.05) is 0 Å². The average Bonchev–Trinajstić information content (AvgIpc) is 2.33. The lowest BCUT2D eigenvalue weighted by Gasteiger charge is -2.06. The molecule has 17 heavy (non-hydrogen) atoms. The van der Waals surface area contributed by atoms with Crippen LogP contribution in [0.3, 0.4) is 0 Å². The van der Waals surface area contributed by atoms with Gasteiger partial charge in [-0.05, 0) is 36.1 Å². The van der Waals surface area contributed by atoms with E-state index in [0.717, 1.165) is 11.1 Å². The SMILES string of the molecule is Cc1ccc(-c2ccc(C(F)F)cc2)cc1C. The molecule has 0 unspecified atom stereocenters. The average molecular weight is 232 g/mol. The topological polar surface area (TPSA) is 0 Å². The second-order valence-electron chi connectivity index (χ2n) is 4.22. The number of benzene rings is 2. The van der Waals surface area contributed by atoms with Gasteiger partial charge in [-0.25, -0.2) is 8.78 Å². The third kappa shape index (κ3) is 2.52. The first-order valence-corrected chi connectivity index (χ1v) is 5.53. The summed E-state index contributed by atoms with van der Waals surface area (Å²) in [6, 6.07) is 12.6. The minimum Gasteiger partial charge on any atom is -0.205 e. The van der Waals surface area contributed by atoms with Crippen LogP contribution in [-0.4, -0.2) is 0 Å². The molecule has 0 aromatic heterocycles.